The summed E-state index contributed by atoms with van der Waals surface area (Å²) in [6, 6.07) is 14.2. The molecular formula is C23H27N3O3S. The Morgan fingerprint density at radius 2 is 2.00 bits per heavy atom. The van der Waals surface area contributed by atoms with Crippen LogP contribution in [0.5, 0.6) is 5.75 Å². The average molecular weight is 426 g/mol. The molecule has 0 radical (unpaired) electrons. The molecule has 6 nitrogen and oxygen atoms in total. The number of nitrogens with one attached hydrogen (secondary N) is 1. The summed E-state index contributed by atoms with van der Waals surface area (Å²) in [7, 11) is 0. The Hall–Kier alpha value is -2.64. The van der Waals surface area contributed by atoms with E-state index in [4.69, 9.17) is 9.47 Å². The molecule has 0 spiro atoms. The Labute approximate surface area is 180 Å². The second kappa shape index (κ2) is 9.45. The standard InChI is InChI=1S/C23H27N3O3S/c1-3-16(2)17-4-7-19(8-5-17)29-15-22(27)25-23-24-20-9-6-18(14-21(20)30-23)26-10-12-28-13-11-26/h4-9,14,16H,3,10-13,15H2,1-2H3,(H,24,25,27)/t16-/m0/s1. The summed E-state index contributed by atoms with van der Waals surface area (Å²) >= 11 is 1.48. The molecular weight excluding hydrogens is 398 g/mol. The third kappa shape index (κ3) is 4.91. The fourth-order valence-corrected chi connectivity index (χ4v) is 4.33. The molecule has 158 valence electrons. The van der Waals surface area contributed by atoms with Crippen molar-refractivity contribution >= 4 is 38.3 Å². The fraction of sp³-hybridized carbons (Fsp3) is 0.391. The van der Waals surface area contributed by atoms with Crippen molar-refractivity contribution in [3.63, 3.8) is 0 Å². The van der Waals surface area contributed by atoms with Crippen LogP contribution in [0.1, 0.15) is 31.7 Å². The highest BCUT2D eigenvalue weighted by Gasteiger charge is 2.14. The maximum atomic E-state index is 12.3. The van der Waals surface area contributed by atoms with E-state index in [1.807, 2.05) is 18.2 Å². The van der Waals surface area contributed by atoms with E-state index in [0.29, 0.717) is 16.8 Å². The number of carbonyl (C=O) groups excluding carboxylic acids is 1. The molecule has 1 N–H and O–H groups in total. The number of morpholine rings is 1. The number of anilines is 2. The van der Waals surface area contributed by atoms with Crippen LogP contribution in [0, 0.1) is 0 Å². The number of amides is 1. The van der Waals surface area contributed by atoms with Gasteiger partial charge in [0.1, 0.15) is 5.75 Å². The predicted octanol–water partition coefficient (Wildman–Crippen LogP) is 4.66. The van der Waals surface area contributed by atoms with E-state index in [1.165, 1.54) is 16.9 Å². The smallest absolute Gasteiger partial charge is 0.264 e. The lowest BCUT2D eigenvalue weighted by Gasteiger charge is -2.28. The molecule has 0 unspecified atom stereocenters. The molecule has 1 atom stereocenters. The molecule has 1 saturated heterocycles. The first-order chi connectivity index (χ1) is 14.6. The minimum atomic E-state index is -0.214. The van der Waals surface area contributed by atoms with Crippen molar-refractivity contribution in [2.24, 2.45) is 0 Å². The van der Waals surface area contributed by atoms with Crippen molar-refractivity contribution in [2.75, 3.05) is 43.1 Å². The van der Waals surface area contributed by atoms with Gasteiger partial charge in [-0.1, -0.05) is 37.3 Å². The van der Waals surface area contributed by atoms with Crippen LogP contribution in [0.2, 0.25) is 0 Å². The largest absolute Gasteiger partial charge is 0.484 e. The molecule has 1 aliphatic rings. The monoisotopic (exact) mass is 425 g/mol. The number of hydrogen-bond acceptors (Lipinski definition) is 6. The zero-order chi connectivity index (χ0) is 20.9. The van der Waals surface area contributed by atoms with Gasteiger partial charge < -0.3 is 14.4 Å². The lowest BCUT2D eigenvalue weighted by Crippen LogP contribution is -2.36. The van der Waals surface area contributed by atoms with Gasteiger partial charge in [-0.2, -0.15) is 0 Å². The van der Waals surface area contributed by atoms with Crippen LogP contribution in [-0.2, 0) is 9.53 Å². The van der Waals surface area contributed by atoms with Gasteiger partial charge >= 0.3 is 0 Å². The van der Waals surface area contributed by atoms with Gasteiger partial charge in [0, 0.05) is 18.8 Å². The topological polar surface area (TPSA) is 63.7 Å². The Balaban J connectivity index is 1.34. The van der Waals surface area contributed by atoms with Crippen molar-refractivity contribution in [1.29, 1.82) is 0 Å². The van der Waals surface area contributed by atoms with E-state index >= 15 is 0 Å². The van der Waals surface area contributed by atoms with Gasteiger partial charge in [0.15, 0.2) is 11.7 Å². The number of fused-ring (bicyclic) bond motifs is 1. The maximum Gasteiger partial charge on any atom is 0.264 e. The summed E-state index contributed by atoms with van der Waals surface area (Å²) in [6.45, 7) is 7.62. The molecule has 7 heteroatoms. The van der Waals surface area contributed by atoms with Crippen molar-refractivity contribution in [2.45, 2.75) is 26.2 Å². The summed E-state index contributed by atoms with van der Waals surface area (Å²) < 4.78 is 12.1. The highest BCUT2D eigenvalue weighted by atomic mass is 32.1. The summed E-state index contributed by atoms with van der Waals surface area (Å²) in [6.07, 6.45) is 1.10. The first-order valence-electron chi connectivity index (χ1n) is 10.4. The van der Waals surface area contributed by atoms with Gasteiger partial charge in [-0.3, -0.25) is 10.1 Å². The first kappa shape index (κ1) is 20.6. The molecule has 3 aromatic rings. The number of ether oxygens (including phenoxy) is 2. The van der Waals surface area contributed by atoms with E-state index in [-0.39, 0.29) is 12.5 Å². The van der Waals surface area contributed by atoms with E-state index in [2.05, 4.69) is 53.3 Å². The molecule has 0 saturated carbocycles. The third-order valence-corrected chi connectivity index (χ3v) is 6.36. The van der Waals surface area contributed by atoms with Gasteiger partial charge in [-0.25, -0.2) is 4.98 Å². The number of thiazole rings is 1. The van der Waals surface area contributed by atoms with E-state index in [1.54, 1.807) is 0 Å². The van der Waals surface area contributed by atoms with Crippen molar-refractivity contribution < 1.29 is 14.3 Å². The van der Waals surface area contributed by atoms with Crippen molar-refractivity contribution in [1.82, 2.24) is 4.98 Å². The number of nitrogens with zero attached hydrogens (tertiary/aromatic N) is 2. The zero-order valence-electron chi connectivity index (χ0n) is 17.4. The van der Waals surface area contributed by atoms with Gasteiger partial charge in [0.25, 0.3) is 5.91 Å². The van der Waals surface area contributed by atoms with Crippen LogP contribution in [0.15, 0.2) is 42.5 Å². The molecule has 1 aliphatic heterocycles. The number of aromatic nitrogens is 1. The normalized spacial score (nSPS) is 15.2. The highest BCUT2D eigenvalue weighted by molar-refractivity contribution is 7.22. The third-order valence-electron chi connectivity index (χ3n) is 5.43. The summed E-state index contributed by atoms with van der Waals surface area (Å²) in [5.41, 5.74) is 3.32. The van der Waals surface area contributed by atoms with Gasteiger partial charge in [0.05, 0.1) is 23.4 Å². The fourth-order valence-electron chi connectivity index (χ4n) is 3.42. The highest BCUT2D eigenvalue weighted by Crippen LogP contribution is 2.30. The van der Waals surface area contributed by atoms with Crippen molar-refractivity contribution in [3.8, 4) is 5.75 Å². The quantitative estimate of drug-likeness (QED) is 0.596. The molecule has 0 aliphatic carbocycles. The molecule has 30 heavy (non-hydrogen) atoms. The minimum Gasteiger partial charge on any atom is -0.484 e. The van der Waals surface area contributed by atoms with Crippen LogP contribution >= 0.6 is 11.3 Å². The number of rotatable bonds is 7. The van der Waals surface area contributed by atoms with Crippen LogP contribution in [0.4, 0.5) is 10.8 Å². The number of carbonyl (C=O) groups is 1. The lowest BCUT2D eigenvalue weighted by molar-refractivity contribution is -0.118. The van der Waals surface area contributed by atoms with Crippen LogP contribution in [0.25, 0.3) is 10.2 Å². The van der Waals surface area contributed by atoms with E-state index < -0.39 is 0 Å². The Bertz CT molecular complexity index is 997. The second-order valence-electron chi connectivity index (χ2n) is 7.49. The summed E-state index contributed by atoms with van der Waals surface area (Å²) in [5.74, 6) is 0.996. The van der Waals surface area contributed by atoms with Gasteiger partial charge in [0.2, 0.25) is 0 Å². The van der Waals surface area contributed by atoms with Crippen LogP contribution in [0.3, 0.4) is 0 Å². The minimum absolute atomic E-state index is 0.0440. The Kier molecular flexibility index (Phi) is 6.50. The molecule has 0 bridgehead atoms. The Morgan fingerprint density at radius 3 is 2.73 bits per heavy atom. The summed E-state index contributed by atoms with van der Waals surface area (Å²) in [5, 5.41) is 3.44. The number of benzene rings is 2. The molecule has 2 heterocycles. The number of hydrogen-bond donors (Lipinski definition) is 1. The summed E-state index contributed by atoms with van der Waals surface area (Å²) in [4.78, 5) is 19.1. The average Bonchev–Trinajstić information content (AvgIpc) is 3.19. The Morgan fingerprint density at radius 1 is 1.23 bits per heavy atom. The molecule has 1 fully saturated rings. The maximum absolute atomic E-state index is 12.3. The van der Waals surface area contributed by atoms with Crippen LogP contribution < -0.4 is 15.0 Å². The van der Waals surface area contributed by atoms with Gasteiger partial charge in [-0.15, -0.1) is 0 Å². The molecule has 1 aromatic heterocycles. The van der Waals surface area contributed by atoms with E-state index in [0.717, 1.165) is 48.6 Å². The van der Waals surface area contributed by atoms with E-state index in [9.17, 15) is 4.79 Å². The molecule has 2 aromatic carbocycles. The first-order valence-corrected chi connectivity index (χ1v) is 11.2. The van der Waals surface area contributed by atoms with Crippen molar-refractivity contribution in [3.05, 3.63) is 48.0 Å². The lowest BCUT2D eigenvalue weighted by atomic mass is 9.99. The molecule has 4 rings (SSSR count). The zero-order valence-corrected chi connectivity index (χ0v) is 18.2. The molecule has 1 amide bonds. The predicted molar refractivity (Wildman–Crippen MR) is 122 cm³/mol. The SMILES string of the molecule is CC[C@H](C)c1ccc(OCC(=O)Nc2nc3ccc(N4CCOCC4)cc3s2)cc1. The van der Waals surface area contributed by atoms with Gasteiger partial charge in [-0.05, 0) is 48.2 Å². The van der Waals surface area contributed by atoms with Crippen LogP contribution in [-0.4, -0.2) is 43.8 Å². The second-order valence-corrected chi connectivity index (χ2v) is 8.52.